The summed E-state index contributed by atoms with van der Waals surface area (Å²) in [5.41, 5.74) is 1.18. The maximum atomic E-state index is 5.43. The Kier molecular flexibility index (Phi) is 2.80. The quantitative estimate of drug-likeness (QED) is 0.874. The largest absolute Gasteiger partial charge is 0.493 e. The van der Waals surface area contributed by atoms with Crippen LogP contribution >= 0.6 is 11.8 Å². The molecule has 92 valence electrons. The van der Waals surface area contributed by atoms with Crippen LogP contribution in [0.25, 0.3) is 0 Å². The van der Waals surface area contributed by atoms with E-state index in [1.807, 2.05) is 23.9 Å². The minimum atomic E-state index is 0.275. The monoisotopic (exact) mass is 253 g/mol. The lowest BCUT2D eigenvalue weighted by Gasteiger charge is -2.13. The summed E-state index contributed by atoms with van der Waals surface area (Å²) in [5.74, 6) is 3.37. The number of fused-ring (bicyclic) bond motifs is 1. The Bertz CT molecular complexity index is 438. The van der Waals surface area contributed by atoms with E-state index in [0.29, 0.717) is 17.2 Å². The predicted octanol–water partition coefficient (Wildman–Crippen LogP) is 2.15. The van der Waals surface area contributed by atoms with Gasteiger partial charge in [0.25, 0.3) is 0 Å². The highest BCUT2D eigenvalue weighted by Crippen LogP contribution is 2.45. The highest BCUT2D eigenvalue weighted by Gasteiger charge is 2.27. The van der Waals surface area contributed by atoms with Gasteiger partial charge in [0.05, 0.1) is 12.5 Å². The van der Waals surface area contributed by atoms with Crippen molar-refractivity contribution < 1.29 is 14.2 Å². The summed E-state index contributed by atoms with van der Waals surface area (Å²) in [7, 11) is 1.65. The molecule has 2 heterocycles. The lowest BCUT2D eigenvalue weighted by atomic mass is 10.1. The van der Waals surface area contributed by atoms with Crippen molar-refractivity contribution in [3.05, 3.63) is 17.7 Å². The molecule has 1 N–H and O–H groups in total. The summed E-state index contributed by atoms with van der Waals surface area (Å²) in [5, 5.41) is 3.84. The van der Waals surface area contributed by atoms with Crippen LogP contribution in [0.3, 0.4) is 0 Å². The van der Waals surface area contributed by atoms with Gasteiger partial charge in [-0.3, -0.25) is 5.32 Å². The van der Waals surface area contributed by atoms with Crippen molar-refractivity contribution in [3.63, 3.8) is 0 Å². The number of benzene rings is 1. The first-order chi connectivity index (χ1) is 8.28. The van der Waals surface area contributed by atoms with E-state index < -0.39 is 0 Å². The first kappa shape index (κ1) is 11.0. The summed E-state index contributed by atoms with van der Waals surface area (Å²) < 4.78 is 16.2. The Morgan fingerprint density at radius 3 is 3.00 bits per heavy atom. The van der Waals surface area contributed by atoms with Gasteiger partial charge in [-0.2, -0.15) is 0 Å². The second kappa shape index (κ2) is 4.31. The van der Waals surface area contributed by atoms with E-state index in [1.54, 1.807) is 7.11 Å². The molecule has 0 saturated carbocycles. The van der Waals surface area contributed by atoms with Crippen LogP contribution in [-0.2, 0) is 0 Å². The van der Waals surface area contributed by atoms with Gasteiger partial charge in [0.15, 0.2) is 11.5 Å². The van der Waals surface area contributed by atoms with Gasteiger partial charge < -0.3 is 14.2 Å². The van der Waals surface area contributed by atoms with Crippen LogP contribution in [0.4, 0.5) is 0 Å². The van der Waals surface area contributed by atoms with Crippen molar-refractivity contribution >= 4 is 11.8 Å². The zero-order chi connectivity index (χ0) is 11.8. The van der Waals surface area contributed by atoms with Gasteiger partial charge in [0.1, 0.15) is 0 Å². The number of methoxy groups -OCH3 is 1. The van der Waals surface area contributed by atoms with Crippen LogP contribution in [0.15, 0.2) is 12.1 Å². The molecule has 0 radical (unpaired) electrons. The molecule has 1 aromatic carbocycles. The Morgan fingerprint density at radius 2 is 2.29 bits per heavy atom. The molecule has 2 atom stereocenters. The number of hydrogen-bond donors (Lipinski definition) is 1. The second-order valence-electron chi connectivity index (χ2n) is 4.24. The minimum absolute atomic E-state index is 0.275. The van der Waals surface area contributed by atoms with Crippen molar-refractivity contribution in [2.24, 2.45) is 0 Å². The van der Waals surface area contributed by atoms with Crippen molar-refractivity contribution in [1.29, 1.82) is 0 Å². The molecule has 0 amide bonds. The van der Waals surface area contributed by atoms with Crippen LogP contribution in [-0.4, -0.2) is 25.7 Å². The van der Waals surface area contributed by atoms with Crippen molar-refractivity contribution in [1.82, 2.24) is 5.32 Å². The van der Waals surface area contributed by atoms with E-state index in [2.05, 4.69) is 12.2 Å². The standard InChI is InChI=1S/C12H15NO3S/c1-7-5-17-12(13-7)8-3-9(14-2)11-10(4-8)15-6-16-11/h3-4,7,12-13H,5-6H2,1-2H3. The molecule has 2 aliphatic heterocycles. The molecule has 4 nitrogen and oxygen atoms in total. The lowest BCUT2D eigenvalue weighted by molar-refractivity contribution is 0.171. The molecule has 3 rings (SSSR count). The van der Waals surface area contributed by atoms with E-state index in [-0.39, 0.29) is 6.79 Å². The predicted molar refractivity (Wildman–Crippen MR) is 66.9 cm³/mol. The molecule has 0 aliphatic carbocycles. The van der Waals surface area contributed by atoms with Crippen LogP contribution in [0.1, 0.15) is 17.9 Å². The van der Waals surface area contributed by atoms with Gasteiger partial charge >= 0.3 is 0 Å². The maximum absolute atomic E-state index is 5.43. The third-order valence-corrected chi connectivity index (χ3v) is 4.37. The third-order valence-electron chi connectivity index (χ3n) is 2.93. The van der Waals surface area contributed by atoms with Crippen LogP contribution in [0.2, 0.25) is 0 Å². The van der Waals surface area contributed by atoms with Crippen molar-refractivity contribution in [3.8, 4) is 17.2 Å². The number of hydrogen-bond acceptors (Lipinski definition) is 5. The van der Waals surface area contributed by atoms with Crippen molar-refractivity contribution in [2.45, 2.75) is 18.3 Å². The molecule has 1 aromatic rings. The molecule has 2 unspecified atom stereocenters. The molecule has 5 heteroatoms. The Labute approximate surface area is 105 Å². The molecular formula is C12H15NO3S. The average Bonchev–Trinajstić information content (AvgIpc) is 2.95. The fourth-order valence-corrected chi connectivity index (χ4v) is 3.32. The first-order valence-electron chi connectivity index (χ1n) is 5.63. The van der Waals surface area contributed by atoms with Gasteiger partial charge in [-0.25, -0.2) is 0 Å². The summed E-state index contributed by atoms with van der Waals surface area (Å²) >= 11 is 1.91. The lowest BCUT2D eigenvalue weighted by Crippen LogP contribution is -2.21. The Balaban J connectivity index is 1.95. The summed E-state index contributed by atoms with van der Waals surface area (Å²) in [6, 6.07) is 4.60. The fourth-order valence-electron chi connectivity index (χ4n) is 2.09. The van der Waals surface area contributed by atoms with E-state index in [1.165, 1.54) is 5.56 Å². The third kappa shape index (κ3) is 1.93. The zero-order valence-electron chi connectivity index (χ0n) is 9.86. The van der Waals surface area contributed by atoms with Crippen molar-refractivity contribution in [2.75, 3.05) is 19.7 Å². The normalized spacial score (nSPS) is 26.2. The minimum Gasteiger partial charge on any atom is -0.493 e. The van der Waals surface area contributed by atoms with E-state index in [9.17, 15) is 0 Å². The summed E-state index contributed by atoms with van der Waals surface area (Å²) in [4.78, 5) is 0. The van der Waals surface area contributed by atoms with Crippen LogP contribution < -0.4 is 19.5 Å². The topological polar surface area (TPSA) is 39.7 Å². The maximum Gasteiger partial charge on any atom is 0.231 e. The molecule has 1 fully saturated rings. The van der Waals surface area contributed by atoms with E-state index >= 15 is 0 Å². The van der Waals surface area contributed by atoms with Crippen LogP contribution in [0.5, 0.6) is 17.2 Å². The van der Waals surface area contributed by atoms with E-state index in [4.69, 9.17) is 14.2 Å². The van der Waals surface area contributed by atoms with Gasteiger partial charge in [-0.1, -0.05) is 0 Å². The highest BCUT2D eigenvalue weighted by molar-refractivity contribution is 7.99. The molecule has 17 heavy (non-hydrogen) atoms. The van der Waals surface area contributed by atoms with E-state index in [0.717, 1.165) is 17.3 Å². The van der Waals surface area contributed by atoms with Gasteiger partial charge in [-0.15, -0.1) is 11.8 Å². The zero-order valence-corrected chi connectivity index (χ0v) is 10.7. The number of ether oxygens (including phenoxy) is 3. The number of thioether (sulfide) groups is 1. The number of rotatable bonds is 2. The second-order valence-corrected chi connectivity index (χ2v) is 5.38. The van der Waals surface area contributed by atoms with Crippen LogP contribution in [0, 0.1) is 0 Å². The molecule has 0 bridgehead atoms. The molecule has 0 spiro atoms. The molecule has 1 saturated heterocycles. The first-order valence-corrected chi connectivity index (χ1v) is 6.68. The summed E-state index contributed by atoms with van der Waals surface area (Å²) in [6.07, 6.45) is 0. The molecule has 2 aliphatic rings. The van der Waals surface area contributed by atoms with Gasteiger partial charge in [0, 0.05) is 11.8 Å². The average molecular weight is 253 g/mol. The molecular weight excluding hydrogens is 238 g/mol. The SMILES string of the molecule is COc1cc(C2NC(C)CS2)cc2c1OCO2. The van der Waals surface area contributed by atoms with Gasteiger partial charge in [0.2, 0.25) is 12.5 Å². The molecule has 0 aromatic heterocycles. The Morgan fingerprint density at radius 1 is 1.41 bits per heavy atom. The summed E-state index contributed by atoms with van der Waals surface area (Å²) in [6.45, 7) is 2.47. The Hall–Kier alpha value is -1.07. The smallest absolute Gasteiger partial charge is 0.231 e. The number of nitrogens with one attached hydrogen (secondary N) is 1. The fraction of sp³-hybridized carbons (Fsp3) is 0.500. The van der Waals surface area contributed by atoms with Gasteiger partial charge in [-0.05, 0) is 24.6 Å². The highest BCUT2D eigenvalue weighted by atomic mass is 32.2.